The molecular weight excluding hydrogens is 198 g/mol. The third-order valence-corrected chi connectivity index (χ3v) is 1.93. The SMILES string of the molecule is O=C(Cl)OC1=CC[C@H]([N+](=O)[O-])CC1. The summed E-state index contributed by atoms with van der Waals surface area (Å²) in [6.07, 6.45) is 2.62. The van der Waals surface area contributed by atoms with E-state index in [9.17, 15) is 14.9 Å². The lowest BCUT2D eigenvalue weighted by atomic mass is 10.0. The van der Waals surface area contributed by atoms with Crippen LogP contribution in [0.4, 0.5) is 4.79 Å². The third-order valence-electron chi connectivity index (χ3n) is 1.85. The molecule has 0 aromatic heterocycles. The highest BCUT2D eigenvalue weighted by Crippen LogP contribution is 2.21. The zero-order valence-electron chi connectivity index (χ0n) is 6.73. The van der Waals surface area contributed by atoms with Crippen LogP contribution in [0.5, 0.6) is 0 Å². The van der Waals surface area contributed by atoms with Crippen LogP contribution < -0.4 is 0 Å². The fourth-order valence-electron chi connectivity index (χ4n) is 1.18. The van der Waals surface area contributed by atoms with Crippen molar-refractivity contribution in [3.8, 4) is 0 Å². The van der Waals surface area contributed by atoms with Gasteiger partial charge in [0.15, 0.2) is 0 Å². The van der Waals surface area contributed by atoms with E-state index in [0.29, 0.717) is 25.0 Å². The zero-order chi connectivity index (χ0) is 9.84. The van der Waals surface area contributed by atoms with Crippen molar-refractivity contribution >= 4 is 17.0 Å². The van der Waals surface area contributed by atoms with Crippen molar-refractivity contribution in [3.63, 3.8) is 0 Å². The van der Waals surface area contributed by atoms with E-state index in [1.165, 1.54) is 6.08 Å². The Bertz CT molecular complexity index is 263. The fraction of sp³-hybridized carbons (Fsp3) is 0.571. The summed E-state index contributed by atoms with van der Waals surface area (Å²) in [7, 11) is 0. The summed E-state index contributed by atoms with van der Waals surface area (Å²) in [6.45, 7) is 0. The first-order valence-electron chi connectivity index (χ1n) is 3.79. The Morgan fingerprint density at radius 1 is 1.77 bits per heavy atom. The Morgan fingerprint density at radius 2 is 2.46 bits per heavy atom. The van der Waals surface area contributed by atoms with Crippen molar-refractivity contribution in [1.82, 2.24) is 0 Å². The van der Waals surface area contributed by atoms with Gasteiger partial charge in [0.25, 0.3) is 0 Å². The number of nitro groups is 1. The molecule has 0 radical (unpaired) electrons. The van der Waals surface area contributed by atoms with Gasteiger partial charge in [-0.15, -0.1) is 0 Å². The number of carbonyl (C=O) groups excluding carboxylic acids is 1. The molecule has 0 saturated heterocycles. The molecule has 0 aliphatic heterocycles. The molecule has 0 spiro atoms. The molecule has 0 saturated carbocycles. The van der Waals surface area contributed by atoms with Crippen LogP contribution in [-0.2, 0) is 4.74 Å². The number of hydrogen-bond acceptors (Lipinski definition) is 4. The van der Waals surface area contributed by atoms with E-state index in [4.69, 9.17) is 11.6 Å². The molecule has 72 valence electrons. The first-order chi connectivity index (χ1) is 6.09. The van der Waals surface area contributed by atoms with Crippen LogP contribution in [0.15, 0.2) is 11.8 Å². The Hall–Kier alpha value is -1.10. The minimum Gasteiger partial charge on any atom is -0.419 e. The van der Waals surface area contributed by atoms with Crippen LogP contribution in [0.3, 0.4) is 0 Å². The van der Waals surface area contributed by atoms with Crippen LogP contribution in [0.1, 0.15) is 19.3 Å². The molecular formula is C7H8ClNO4. The van der Waals surface area contributed by atoms with Gasteiger partial charge in [0.2, 0.25) is 6.04 Å². The Kier molecular flexibility index (Phi) is 3.25. The summed E-state index contributed by atoms with van der Waals surface area (Å²) in [5.41, 5.74) is -0.897. The fourth-order valence-corrected chi connectivity index (χ4v) is 1.28. The van der Waals surface area contributed by atoms with Crippen molar-refractivity contribution in [2.75, 3.05) is 0 Å². The molecule has 1 rings (SSSR count). The molecule has 0 amide bonds. The standard InChI is InChI=1S/C7H8ClNO4/c8-7(10)13-6-3-1-5(2-4-6)9(11)12/h3,5H,1-2,4H2/t5-/m0/s1. The highest BCUT2D eigenvalue weighted by molar-refractivity contribution is 6.61. The minimum absolute atomic E-state index is 0.298. The van der Waals surface area contributed by atoms with E-state index in [2.05, 4.69) is 4.74 Å². The number of rotatable bonds is 2. The number of nitrogens with zero attached hydrogens (tertiary/aromatic N) is 1. The predicted molar refractivity (Wildman–Crippen MR) is 45.1 cm³/mol. The smallest absolute Gasteiger partial charge is 0.408 e. The number of ether oxygens (including phenoxy) is 1. The minimum atomic E-state index is -0.897. The highest BCUT2D eigenvalue weighted by Gasteiger charge is 2.24. The van der Waals surface area contributed by atoms with E-state index in [0.717, 1.165) is 0 Å². The molecule has 13 heavy (non-hydrogen) atoms. The molecule has 0 heterocycles. The monoisotopic (exact) mass is 205 g/mol. The molecule has 5 nitrogen and oxygen atoms in total. The molecule has 1 aliphatic carbocycles. The van der Waals surface area contributed by atoms with Crippen molar-refractivity contribution in [3.05, 3.63) is 21.9 Å². The lowest BCUT2D eigenvalue weighted by molar-refractivity contribution is -0.523. The normalized spacial score (nSPS) is 21.9. The van der Waals surface area contributed by atoms with Gasteiger partial charge in [0.05, 0.1) is 0 Å². The molecule has 0 bridgehead atoms. The van der Waals surface area contributed by atoms with Crippen LogP contribution in [0, 0.1) is 10.1 Å². The molecule has 6 heteroatoms. The average Bonchev–Trinajstić information content (AvgIpc) is 2.04. The molecule has 0 unspecified atom stereocenters. The number of carbonyl (C=O) groups is 1. The summed E-state index contributed by atoms with van der Waals surface area (Å²) in [6, 6.07) is -0.558. The van der Waals surface area contributed by atoms with Gasteiger partial charge in [-0.2, -0.15) is 0 Å². The molecule has 0 aromatic carbocycles. The summed E-state index contributed by atoms with van der Waals surface area (Å²) >= 11 is 4.97. The van der Waals surface area contributed by atoms with Crippen LogP contribution in [0.2, 0.25) is 0 Å². The van der Waals surface area contributed by atoms with E-state index in [1.54, 1.807) is 0 Å². The largest absolute Gasteiger partial charge is 0.419 e. The summed E-state index contributed by atoms with van der Waals surface area (Å²) in [5, 5.41) is 10.3. The van der Waals surface area contributed by atoms with E-state index >= 15 is 0 Å². The van der Waals surface area contributed by atoms with E-state index in [1.807, 2.05) is 0 Å². The molecule has 0 N–H and O–H groups in total. The highest BCUT2D eigenvalue weighted by atomic mass is 35.5. The summed E-state index contributed by atoms with van der Waals surface area (Å²) in [4.78, 5) is 20.3. The second kappa shape index (κ2) is 4.23. The number of hydrogen-bond donors (Lipinski definition) is 0. The second-order valence-corrected chi connectivity index (χ2v) is 3.03. The molecule has 0 fully saturated rings. The van der Waals surface area contributed by atoms with E-state index < -0.39 is 11.5 Å². The summed E-state index contributed by atoms with van der Waals surface area (Å²) in [5.74, 6) is 0.429. The summed E-state index contributed by atoms with van der Waals surface area (Å²) < 4.78 is 4.58. The van der Waals surface area contributed by atoms with Crippen molar-refractivity contribution in [1.29, 1.82) is 0 Å². The van der Waals surface area contributed by atoms with Gasteiger partial charge in [-0.1, -0.05) is 0 Å². The van der Waals surface area contributed by atoms with E-state index in [-0.39, 0.29) is 4.92 Å². The Balaban J connectivity index is 2.47. The van der Waals surface area contributed by atoms with Crippen LogP contribution in [-0.4, -0.2) is 16.4 Å². The Labute approximate surface area is 79.5 Å². The van der Waals surface area contributed by atoms with Gasteiger partial charge in [-0.3, -0.25) is 10.1 Å². The molecule has 1 aliphatic rings. The van der Waals surface area contributed by atoms with Gasteiger partial charge in [0, 0.05) is 35.8 Å². The number of halogens is 1. The van der Waals surface area contributed by atoms with Gasteiger partial charge >= 0.3 is 5.43 Å². The third kappa shape index (κ3) is 3.02. The van der Waals surface area contributed by atoms with Gasteiger partial charge in [-0.25, -0.2) is 4.79 Å². The average molecular weight is 206 g/mol. The number of allylic oxidation sites excluding steroid dienone is 1. The van der Waals surface area contributed by atoms with Crippen LogP contribution in [0.25, 0.3) is 0 Å². The predicted octanol–water partition coefficient (Wildman–Crippen LogP) is 2.07. The first kappa shape index (κ1) is 9.98. The molecule has 0 aromatic rings. The maximum Gasteiger partial charge on any atom is 0.408 e. The van der Waals surface area contributed by atoms with Gasteiger partial charge in [-0.05, 0) is 6.08 Å². The van der Waals surface area contributed by atoms with Gasteiger partial charge in [0.1, 0.15) is 5.76 Å². The second-order valence-electron chi connectivity index (χ2n) is 2.72. The Morgan fingerprint density at radius 3 is 2.85 bits per heavy atom. The maximum absolute atomic E-state index is 10.3. The van der Waals surface area contributed by atoms with Crippen molar-refractivity contribution in [2.45, 2.75) is 25.3 Å². The maximum atomic E-state index is 10.3. The van der Waals surface area contributed by atoms with Crippen molar-refractivity contribution in [2.24, 2.45) is 0 Å². The lowest BCUT2D eigenvalue weighted by Crippen LogP contribution is -2.22. The van der Waals surface area contributed by atoms with Crippen LogP contribution >= 0.6 is 11.6 Å². The quantitative estimate of drug-likeness (QED) is 0.393. The topological polar surface area (TPSA) is 69.4 Å². The molecule has 1 atom stereocenters. The van der Waals surface area contributed by atoms with Gasteiger partial charge < -0.3 is 4.74 Å². The zero-order valence-corrected chi connectivity index (χ0v) is 7.49. The first-order valence-corrected chi connectivity index (χ1v) is 4.17. The van der Waals surface area contributed by atoms with Crippen molar-refractivity contribution < 1.29 is 14.5 Å². The lowest BCUT2D eigenvalue weighted by Gasteiger charge is -2.14.